The molecule has 2 aliphatic rings. The van der Waals surface area contributed by atoms with Crippen molar-refractivity contribution in [1.29, 1.82) is 0 Å². The summed E-state index contributed by atoms with van der Waals surface area (Å²) in [6.07, 6.45) is 2.78. The summed E-state index contributed by atoms with van der Waals surface area (Å²) < 4.78 is 4.79. The third kappa shape index (κ3) is 2.58. The number of anilines is 1. The molecular weight excluding hydrogens is 292 g/mol. The maximum atomic E-state index is 12.3. The highest BCUT2D eigenvalue weighted by molar-refractivity contribution is 6.31. The van der Waals surface area contributed by atoms with E-state index in [0.717, 1.165) is 5.69 Å². The highest BCUT2D eigenvalue weighted by Gasteiger charge is 2.42. The van der Waals surface area contributed by atoms with Gasteiger partial charge in [0.25, 0.3) is 5.91 Å². The molecule has 0 radical (unpaired) electrons. The van der Waals surface area contributed by atoms with Crippen LogP contribution < -0.4 is 10.6 Å². The zero-order valence-electron chi connectivity index (χ0n) is 11.7. The Morgan fingerprint density at radius 2 is 2.05 bits per heavy atom. The average molecular weight is 309 g/mol. The van der Waals surface area contributed by atoms with Crippen molar-refractivity contribution in [3.8, 4) is 0 Å². The van der Waals surface area contributed by atoms with Gasteiger partial charge >= 0.3 is 5.97 Å². The predicted octanol–water partition coefficient (Wildman–Crippen LogP) is 2.55. The Balaban J connectivity index is 1.79. The molecule has 1 spiro atoms. The molecule has 112 valence electrons. The molecule has 1 heterocycles. The maximum absolute atomic E-state index is 12.3. The fourth-order valence-corrected chi connectivity index (χ4v) is 3.32. The van der Waals surface area contributed by atoms with E-state index in [1.165, 1.54) is 7.11 Å². The van der Waals surface area contributed by atoms with Gasteiger partial charge in [-0.25, -0.2) is 0 Å². The van der Waals surface area contributed by atoms with E-state index in [1.807, 2.05) is 6.07 Å². The van der Waals surface area contributed by atoms with Gasteiger partial charge in [-0.1, -0.05) is 11.6 Å². The summed E-state index contributed by atoms with van der Waals surface area (Å²) in [5.74, 6) is -0.368. The number of hydrogen-bond acceptors (Lipinski definition) is 4. The van der Waals surface area contributed by atoms with Crippen molar-refractivity contribution in [2.24, 2.45) is 5.92 Å². The van der Waals surface area contributed by atoms with Crippen LogP contribution in [0.1, 0.15) is 36.0 Å². The lowest BCUT2D eigenvalue weighted by molar-refractivity contribution is -0.146. The van der Waals surface area contributed by atoms with Gasteiger partial charge in [0.1, 0.15) is 5.66 Å². The number of halogens is 1. The standard InChI is InChI=1S/C15H17ClN2O3/c1-21-14(20)9-4-6-15(7-5-9)17-12-3-2-10(16)8-11(12)13(19)18-15/h2-3,8-9,17H,4-7H2,1H3,(H,18,19). The molecule has 1 amide bonds. The van der Waals surface area contributed by atoms with Gasteiger partial charge in [0.2, 0.25) is 0 Å². The predicted molar refractivity (Wildman–Crippen MR) is 79.2 cm³/mol. The Labute approximate surface area is 128 Å². The summed E-state index contributed by atoms with van der Waals surface area (Å²) in [5, 5.41) is 6.97. The number of carbonyl (C=O) groups is 2. The van der Waals surface area contributed by atoms with E-state index >= 15 is 0 Å². The lowest BCUT2D eigenvalue weighted by atomic mass is 9.80. The number of rotatable bonds is 1. The average Bonchev–Trinajstić information content (AvgIpc) is 2.48. The maximum Gasteiger partial charge on any atom is 0.308 e. The number of esters is 1. The van der Waals surface area contributed by atoms with Crippen LogP contribution in [-0.4, -0.2) is 24.6 Å². The third-order valence-electron chi connectivity index (χ3n) is 4.33. The molecule has 3 rings (SSSR count). The van der Waals surface area contributed by atoms with Crippen LogP contribution in [0.5, 0.6) is 0 Å². The van der Waals surface area contributed by atoms with Gasteiger partial charge in [-0.05, 0) is 43.9 Å². The number of methoxy groups -OCH3 is 1. The van der Waals surface area contributed by atoms with Crippen molar-refractivity contribution in [2.45, 2.75) is 31.3 Å². The first-order valence-corrected chi connectivity index (χ1v) is 7.39. The minimum Gasteiger partial charge on any atom is -0.469 e. The first-order valence-electron chi connectivity index (χ1n) is 7.01. The van der Waals surface area contributed by atoms with E-state index in [4.69, 9.17) is 16.3 Å². The van der Waals surface area contributed by atoms with E-state index in [9.17, 15) is 9.59 Å². The lowest BCUT2D eigenvalue weighted by Crippen LogP contribution is -2.59. The third-order valence-corrected chi connectivity index (χ3v) is 4.56. The second kappa shape index (κ2) is 5.22. The van der Waals surface area contributed by atoms with Crippen molar-refractivity contribution >= 4 is 29.2 Å². The van der Waals surface area contributed by atoms with Gasteiger partial charge in [0.15, 0.2) is 0 Å². The SMILES string of the molecule is COC(=O)C1CCC2(CC1)NC(=O)c1cc(Cl)ccc1N2. The highest BCUT2D eigenvalue weighted by atomic mass is 35.5. The molecule has 1 fully saturated rings. The molecule has 2 N–H and O–H groups in total. The first-order chi connectivity index (χ1) is 10.0. The molecule has 1 aromatic carbocycles. The molecule has 1 aliphatic heterocycles. The van der Waals surface area contributed by atoms with Gasteiger partial charge in [0.05, 0.1) is 18.6 Å². The van der Waals surface area contributed by atoms with E-state index < -0.39 is 5.66 Å². The molecule has 0 bridgehead atoms. The van der Waals surface area contributed by atoms with E-state index in [2.05, 4.69) is 10.6 Å². The molecule has 5 nitrogen and oxygen atoms in total. The molecule has 0 saturated heterocycles. The van der Waals surface area contributed by atoms with Crippen LogP contribution in [0.3, 0.4) is 0 Å². The van der Waals surface area contributed by atoms with Gasteiger partial charge in [-0.15, -0.1) is 0 Å². The zero-order chi connectivity index (χ0) is 15.0. The number of fused-ring (bicyclic) bond motifs is 1. The summed E-state index contributed by atoms with van der Waals surface area (Å²) in [6.45, 7) is 0. The van der Waals surface area contributed by atoms with Gasteiger partial charge < -0.3 is 15.4 Å². The Bertz CT molecular complexity index is 595. The number of amides is 1. The number of ether oxygens (including phenoxy) is 1. The molecule has 0 aromatic heterocycles. The molecular formula is C15H17ClN2O3. The van der Waals surface area contributed by atoms with Crippen molar-refractivity contribution in [2.75, 3.05) is 12.4 Å². The molecule has 6 heteroatoms. The summed E-state index contributed by atoms with van der Waals surface area (Å²) in [6, 6.07) is 5.25. The minimum atomic E-state index is -0.470. The smallest absolute Gasteiger partial charge is 0.308 e. The number of hydrogen-bond donors (Lipinski definition) is 2. The molecule has 1 saturated carbocycles. The molecule has 1 aromatic rings. The topological polar surface area (TPSA) is 67.4 Å². The van der Waals surface area contributed by atoms with Crippen LogP contribution in [0, 0.1) is 5.92 Å². The van der Waals surface area contributed by atoms with Crippen LogP contribution in [-0.2, 0) is 9.53 Å². The number of carbonyl (C=O) groups excluding carboxylic acids is 2. The Morgan fingerprint density at radius 3 is 2.71 bits per heavy atom. The second-order valence-electron chi connectivity index (χ2n) is 5.65. The van der Waals surface area contributed by atoms with Crippen molar-refractivity contribution in [1.82, 2.24) is 5.32 Å². The zero-order valence-corrected chi connectivity index (χ0v) is 12.5. The molecule has 0 atom stereocenters. The second-order valence-corrected chi connectivity index (χ2v) is 6.09. The van der Waals surface area contributed by atoms with Crippen molar-refractivity contribution in [3.63, 3.8) is 0 Å². The normalized spacial score (nSPS) is 27.5. The fourth-order valence-electron chi connectivity index (χ4n) is 3.15. The van der Waals surface area contributed by atoms with Crippen LogP contribution >= 0.6 is 11.6 Å². The first kappa shape index (κ1) is 14.2. The van der Waals surface area contributed by atoms with Gasteiger partial charge in [-0.3, -0.25) is 9.59 Å². The number of benzene rings is 1. The summed E-state index contributed by atoms with van der Waals surface area (Å²) >= 11 is 5.93. The Kier molecular flexibility index (Phi) is 3.53. The Hall–Kier alpha value is -1.75. The number of nitrogens with one attached hydrogen (secondary N) is 2. The van der Waals surface area contributed by atoms with Crippen LogP contribution in [0.25, 0.3) is 0 Å². The largest absolute Gasteiger partial charge is 0.469 e. The van der Waals surface area contributed by atoms with Crippen molar-refractivity contribution < 1.29 is 14.3 Å². The lowest BCUT2D eigenvalue weighted by Gasteiger charge is -2.44. The van der Waals surface area contributed by atoms with Crippen LogP contribution in [0.2, 0.25) is 5.02 Å². The van der Waals surface area contributed by atoms with Gasteiger partial charge in [0, 0.05) is 10.7 Å². The summed E-state index contributed by atoms with van der Waals surface area (Å²) in [4.78, 5) is 23.9. The summed E-state index contributed by atoms with van der Waals surface area (Å²) in [7, 11) is 1.41. The monoisotopic (exact) mass is 308 g/mol. The highest BCUT2D eigenvalue weighted by Crippen LogP contribution is 2.37. The summed E-state index contributed by atoms with van der Waals surface area (Å²) in [5.41, 5.74) is 0.880. The molecule has 21 heavy (non-hydrogen) atoms. The quantitative estimate of drug-likeness (QED) is 0.782. The van der Waals surface area contributed by atoms with E-state index in [0.29, 0.717) is 36.3 Å². The van der Waals surface area contributed by atoms with E-state index in [1.54, 1.807) is 12.1 Å². The minimum absolute atomic E-state index is 0.0778. The molecule has 1 aliphatic carbocycles. The van der Waals surface area contributed by atoms with Crippen LogP contribution in [0.4, 0.5) is 5.69 Å². The van der Waals surface area contributed by atoms with Crippen molar-refractivity contribution in [3.05, 3.63) is 28.8 Å². The van der Waals surface area contributed by atoms with Gasteiger partial charge in [-0.2, -0.15) is 0 Å². The Morgan fingerprint density at radius 1 is 1.33 bits per heavy atom. The van der Waals surface area contributed by atoms with Crippen LogP contribution in [0.15, 0.2) is 18.2 Å². The fraction of sp³-hybridized carbons (Fsp3) is 0.467. The van der Waals surface area contributed by atoms with E-state index in [-0.39, 0.29) is 17.8 Å². The molecule has 0 unspecified atom stereocenters.